The average Bonchev–Trinajstić information content (AvgIpc) is 2.20. The summed E-state index contributed by atoms with van der Waals surface area (Å²) in [5, 5.41) is 9.64. The van der Waals surface area contributed by atoms with Gasteiger partial charge in [-0.25, -0.2) is 4.79 Å². The first-order valence-electron chi connectivity index (χ1n) is 5.08. The molecule has 0 saturated carbocycles. The number of aliphatic hydroxyl groups is 1. The molecular formula is C11H17F3O4. The largest absolute Gasteiger partial charge is 0.467 e. The first-order valence-corrected chi connectivity index (χ1v) is 5.08. The Morgan fingerprint density at radius 1 is 1.33 bits per heavy atom. The lowest BCUT2D eigenvalue weighted by Gasteiger charge is -2.36. The van der Waals surface area contributed by atoms with Gasteiger partial charge < -0.3 is 14.6 Å². The summed E-state index contributed by atoms with van der Waals surface area (Å²) in [5.74, 6) is -1.84. The summed E-state index contributed by atoms with van der Waals surface area (Å²) in [6, 6.07) is 0. The molecule has 0 aromatic heterocycles. The van der Waals surface area contributed by atoms with Crippen molar-refractivity contribution < 1.29 is 32.5 Å². The highest BCUT2D eigenvalue weighted by Gasteiger charge is 2.65. The van der Waals surface area contributed by atoms with Crippen molar-refractivity contribution >= 4 is 5.97 Å². The Balaban J connectivity index is 5.56. The van der Waals surface area contributed by atoms with Crippen LogP contribution in [0, 0.1) is 0 Å². The molecule has 0 amide bonds. The maximum absolute atomic E-state index is 12.9. The molecule has 0 unspecified atom stereocenters. The van der Waals surface area contributed by atoms with Crippen LogP contribution in [0.1, 0.15) is 20.8 Å². The van der Waals surface area contributed by atoms with E-state index in [-0.39, 0.29) is 0 Å². The molecule has 2 atom stereocenters. The second kappa shape index (κ2) is 5.27. The fourth-order valence-electron chi connectivity index (χ4n) is 1.23. The van der Waals surface area contributed by atoms with Crippen molar-refractivity contribution in [1.82, 2.24) is 0 Å². The molecule has 0 saturated heterocycles. The van der Waals surface area contributed by atoms with Crippen LogP contribution in [0.2, 0.25) is 0 Å². The van der Waals surface area contributed by atoms with Gasteiger partial charge in [0.1, 0.15) is 6.10 Å². The number of ether oxygens (including phenoxy) is 2. The van der Waals surface area contributed by atoms with E-state index >= 15 is 0 Å². The van der Waals surface area contributed by atoms with Gasteiger partial charge in [0.25, 0.3) is 5.60 Å². The number of carbonyl (C=O) groups is 1. The van der Waals surface area contributed by atoms with Gasteiger partial charge in [-0.15, -0.1) is 6.58 Å². The van der Waals surface area contributed by atoms with Crippen LogP contribution in [0.25, 0.3) is 0 Å². The van der Waals surface area contributed by atoms with Gasteiger partial charge in [0.15, 0.2) is 0 Å². The molecule has 106 valence electrons. The standard InChI is InChI=1S/C11H17F3O4/c1-6-7(18-9(2,3)4)10(16,8(15)17-5)11(12,13)14/h6-7,16H,1H2,2-5H3/t7-,10+/m1/s1. The molecule has 0 aliphatic carbocycles. The van der Waals surface area contributed by atoms with Crippen LogP contribution < -0.4 is 0 Å². The smallest absolute Gasteiger partial charge is 0.431 e. The predicted octanol–water partition coefficient (Wildman–Crippen LogP) is 1.82. The Morgan fingerprint density at radius 2 is 1.78 bits per heavy atom. The molecule has 0 aliphatic heterocycles. The minimum absolute atomic E-state index is 0.718. The lowest BCUT2D eigenvalue weighted by atomic mass is 9.94. The molecule has 4 nitrogen and oxygen atoms in total. The molecule has 0 spiro atoms. The maximum atomic E-state index is 12.9. The molecule has 18 heavy (non-hydrogen) atoms. The molecule has 0 fully saturated rings. The van der Waals surface area contributed by atoms with E-state index in [0.717, 1.165) is 13.2 Å². The third-order valence-corrected chi connectivity index (χ3v) is 2.04. The fraction of sp³-hybridized carbons (Fsp3) is 0.727. The second-order valence-corrected chi connectivity index (χ2v) is 4.64. The lowest BCUT2D eigenvalue weighted by molar-refractivity contribution is -0.292. The van der Waals surface area contributed by atoms with Crippen LogP contribution in [-0.4, -0.2) is 41.7 Å². The summed E-state index contributed by atoms with van der Waals surface area (Å²) in [6.07, 6.45) is -6.50. The van der Waals surface area contributed by atoms with Gasteiger partial charge in [-0.3, -0.25) is 0 Å². The Bertz CT molecular complexity index is 319. The maximum Gasteiger partial charge on any atom is 0.431 e. The van der Waals surface area contributed by atoms with Gasteiger partial charge in [-0.1, -0.05) is 6.08 Å². The lowest BCUT2D eigenvalue weighted by Crippen LogP contribution is -2.62. The molecule has 0 aromatic carbocycles. The van der Waals surface area contributed by atoms with Crippen molar-refractivity contribution in [3.05, 3.63) is 12.7 Å². The summed E-state index contributed by atoms with van der Waals surface area (Å²) < 4.78 is 47.6. The highest BCUT2D eigenvalue weighted by molar-refractivity contribution is 5.81. The minimum atomic E-state index is -5.25. The van der Waals surface area contributed by atoms with Crippen molar-refractivity contribution in [2.45, 2.75) is 44.3 Å². The summed E-state index contributed by atoms with van der Waals surface area (Å²) in [4.78, 5) is 11.2. The van der Waals surface area contributed by atoms with Crippen LogP contribution in [0.5, 0.6) is 0 Å². The zero-order valence-electron chi connectivity index (χ0n) is 10.7. The Morgan fingerprint density at radius 3 is 2.00 bits per heavy atom. The number of carbonyl (C=O) groups excluding carboxylic acids is 1. The number of esters is 1. The molecule has 1 N–H and O–H groups in total. The van der Waals surface area contributed by atoms with Gasteiger partial charge in [-0.05, 0) is 20.8 Å². The number of hydrogen-bond acceptors (Lipinski definition) is 4. The van der Waals surface area contributed by atoms with E-state index in [2.05, 4.69) is 11.3 Å². The molecular weight excluding hydrogens is 253 g/mol. The molecule has 0 aromatic rings. The van der Waals surface area contributed by atoms with Gasteiger partial charge in [0, 0.05) is 0 Å². The molecule has 0 rings (SSSR count). The summed E-state index contributed by atoms with van der Waals surface area (Å²) in [5.41, 5.74) is -4.79. The molecule has 0 heterocycles. The number of rotatable bonds is 4. The molecule has 0 radical (unpaired) electrons. The third kappa shape index (κ3) is 3.46. The summed E-state index contributed by atoms with van der Waals surface area (Å²) in [6.45, 7) is 7.60. The topological polar surface area (TPSA) is 55.8 Å². The Kier molecular flexibility index (Phi) is 4.96. The average molecular weight is 270 g/mol. The quantitative estimate of drug-likeness (QED) is 0.625. The van der Waals surface area contributed by atoms with E-state index in [1.165, 1.54) is 20.8 Å². The second-order valence-electron chi connectivity index (χ2n) is 4.64. The first-order chi connectivity index (χ1) is 7.90. The van der Waals surface area contributed by atoms with E-state index in [4.69, 9.17) is 4.74 Å². The van der Waals surface area contributed by atoms with Gasteiger partial charge >= 0.3 is 12.1 Å². The SMILES string of the molecule is C=C[C@@H](OC(C)(C)C)[C@](O)(C(=O)OC)C(F)(F)F. The van der Waals surface area contributed by atoms with Crippen molar-refractivity contribution in [2.24, 2.45) is 0 Å². The summed E-state index contributed by atoms with van der Waals surface area (Å²) >= 11 is 0. The fourth-order valence-corrected chi connectivity index (χ4v) is 1.23. The van der Waals surface area contributed by atoms with Gasteiger partial charge in [0.05, 0.1) is 12.7 Å². The van der Waals surface area contributed by atoms with Crippen LogP contribution >= 0.6 is 0 Å². The van der Waals surface area contributed by atoms with Gasteiger partial charge in [-0.2, -0.15) is 13.2 Å². The zero-order valence-corrected chi connectivity index (χ0v) is 10.7. The van der Waals surface area contributed by atoms with Crippen molar-refractivity contribution in [1.29, 1.82) is 0 Å². The van der Waals surface area contributed by atoms with Crippen molar-refractivity contribution in [3.63, 3.8) is 0 Å². The summed E-state index contributed by atoms with van der Waals surface area (Å²) in [7, 11) is 0.746. The number of methoxy groups -OCH3 is 1. The van der Waals surface area contributed by atoms with Crippen molar-refractivity contribution in [3.8, 4) is 0 Å². The van der Waals surface area contributed by atoms with E-state index in [9.17, 15) is 23.1 Å². The molecule has 7 heteroatoms. The van der Waals surface area contributed by atoms with Crippen LogP contribution in [0.4, 0.5) is 13.2 Å². The predicted molar refractivity (Wildman–Crippen MR) is 57.8 cm³/mol. The van der Waals surface area contributed by atoms with Crippen LogP contribution in [0.15, 0.2) is 12.7 Å². The first kappa shape index (κ1) is 16.9. The number of hydrogen-bond donors (Lipinski definition) is 1. The minimum Gasteiger partial charge on any atom is -0.467 e. The van der Waals surface area contributed by atoms with Crippen LogP contribution in [0.3, 0.4) is 0 Å². The Labute approximate surface area is 103 Å². The van der Waals surface area contributed by atoms with E-state index < -0.39 is 29.5 Å². The van der Waals surface area contributed by atoms with E-state index in [1.54, 1.807) is 0 Å². The molecule has 0 bridgehead atoms. The monoisotopic (exact) mass is 270 g/mol. The van der Waals surface area contributed by atoms with E-state index in [0.29, 0.717) is 0 Å². The van der Waals surface area contributed by atoms with Gasteiger partial charge in [0.2, 0.25) is 0 Å². The highest BCUT2D eigenvalue weighted by Crippen LogP contribution is 2.37. The normalized spacial score (nSPS) is 17.8. The van der Waals surface area contributed by atoms with Crippen molar-refractivity contribution in [2.75, 3.05) is 7.11 Å². The zero-order chi connectivity index (χ0) is 14.8. The third-order valence-electron chi connectivity index (χ3n) is 2.04. The highest BCUT2D eigenvalue weighted by atomic mass is 19.4. The number of alkyl halides is 3. The molecule has 0 aliphatic rings. The number of halogens is 3. The van der Waals surface area contributed by atoms with E-state index in [1.807, 2.05) is 0 Å². The Hall–Kier alpha value is -1.08. The van der Waals surface area contributed by atoms with Crippen LogP contribution in [-0.2, 0) is 14.3 Å².